The predicted octanol–water partition coefficient (Wildman–Crippen LogP) is 3.54. The molecule has 1 saturated heterocycles. The zero-order valence-corrected chi connectivity index (χ0v) is 16.2. The van der Waals surface area contributed by atoms with E-state index in [1.165, 1.54) is 18.4 Å². The van der Waals surface area contributed by atoms with Crippen molar-refractivity contribution in [1.29, 1.82) is 0 Å². The fraction of sp³-hybridized carbons (Fsp3) is 0.304. The van der Waals surface area contributed by atoms with Crippen LogP contribution in [0.15, 0.2) is 67.0 Å². The van der Waals surface area contributed by atoms with Gasteiger partial charge in [-0.15, -0.1) is 0 Å². The molecule has 1 aromatic heterocycles. The lowest BCUT2D eigenvalue weighted by molar-refractivity contribution is 0.0941. The highest BCUT2D eigenvalue weighted by atomic mass is 16.1. The van der Waals surface area contributed by atoms with Gasteiger partial charge in [0.15, 0.2) is 0 Å². The third-order valence-electron chi connectivity index (χ3n) is 5.32. The topological polar surface area (TPSA) is 50.2 Å². The highest BCUT2D eigenvalue weighted by Crippen LogP contribution is 2.21. The summed E-state index contributed by atoms with van der Waals surface area (Å²) in [5.74, 6) is 0.730. The number of carbonyl (C=O) groups is 1. The SMILES string of the molecule is Cn1ccnc1[C@H](NC(=O)c1cccc(CN2CCCC2)c1)c1ccccc1. The van der Waals surface area contributed by atoms with Crippen molar-refractivity contribution in [1.82, 2.24) is 19.8 Å². The number of amides is 1. The summed E-state index contributed by atoms with van der Waals surface area (Å²) in [6, 6.07) is 17.6. The van der Waals surface area contributed by atoms with E-state index < -0.39 is 0 Å². The van der Waals surface area contributed by atoms with E-state index in [1.54, 1.807) is 6.20 Å². The third kappa shape index (κ3) is 4.15. The molecule has 2 heterocycles. The van der Waals surface area contributed by atoms with Crippen LogP contribution < -0.4 is 5.32 Å². The Balaban J connectivity index is 1.55. The van der Waals surface area contributed by atoms with E-state index in [-0.39, 0.29) is 11.9 Å². The first-order chi connectivity index (χ1) is 13.7. The molecule has 144 valence electrons. The van der Waals surface area contributed by atoms with Crippen LogP contribution in [-0.4, -0.2) is 33.4 Å². The standard InChI is InChI=1S/C23H26N4O/c1-26-15-12-24-22(26)21(19-9-3-2-4-10-19)25-23(28)20-11-7-8-18(16-20)17-27-13-5-6-14-27/h2-4,7-12,15-16,21H,5-6,13-14,17H2,1H3,(H,25,28)/t21-/m1/s1. The van der Waals surface area contributed by atoms with Crippen LogP contribution in [0.25, 0.3) is 0 Å². The zero-order chi connectivity index (χ0) is 19.3. The monoisotopic (exact) mass is 374 g/mol. The lowest BCUT2D eigenvalue weighted by Crippen LogP contribution is -2.31. The summed E-state index contributed by atoms with van der Waals surface area (Å²) >= 11 is 0. The molecule has 1 N–H and O–H groups in total. The van der Waals surface area contributed by atoms with Crippen molar-refractivity contribution in [2.45, 2.75) is 25.4 Å². The first kappa shape index (κ1) is 18.4. The first-order valence-corrected chi connectivity index (χ1v) is 9.85. The van der Waals surface area contributed by atoms with E-state index in [9.17, 15) is 4.79 Å². The largest absolute Gasteiger partial charge is 0.338 e. The molecule has 0 bridgehead atoms. The summed E-state index contributed by atoms with van der Waals surface area (Å²) in [4.78, 5) is 20.0. The zero-order valence-electron chi connectivity index (χ0n) is 16.2. The quantitative estimate of drug-likeness (QED) is 0.718. The van der Waals surface area contributed by atoms with Crippen molar-refractivity contribution in [2.24, 2.45) is 7.05 Å². The molecule has 0 saturated carbocycles. The Hall–Kier alpha value is -2.92. The average molecular weight is 374 g/mol. The van der Waals surface area contributed by atoms with E-state index in [1.807, 2.05) is 66.3 Å². The van der Waals surface area contributed by atoms with E-state index in [4.69, 9.17) is 0 Å². The van der Waals surface area contributed by atoms with Crippen LogP contribution in [0, 0.1) is 0 Å². The maximum absolute atomic E-state index is 13.1. The second-order valence-corrected chi connectivity index (χ2v) is 7.40. The Morgan fingerprint density at radius 2 is 1.89 bits per heavy atom. The molecule has 0 spiro atoms. The summed E-state index contributed by atoms with van der Waals surface area (Å²) in [5.41, 5.74) is 2.88. The average Bonchev–Trinajstić information content (AvgIpc) is 3.38. The lowest BCUT2D eigenvalue weighted by atomic mass is 10.0. The lowest BCUT2D eigenvalue weighted by Gasteiger charge is -2.20. The number of aryl methyl sites for hydroxylation is 1. The fourth-order valence-corrected chi connectivity index (χ4v) is 3.82. The van der Waals surface area contributed by atoms with Gasteiger partial charge in [0.2, 0.25) is 0 Å². The van der Waals surface area contributed by atoms with Gasteiger partial charge in [0, 0.05) is 31.5 Å². The number of nitrogens with zero attached hydrogens (tertiary/aromatic N) is 3. The van der Waals surface area contributed by atoms with Gasteiger partial charge in [0.25, 0.3) is 5.91 Å². The Morgan fingerprint density at radius 1 is 1.11 bits per heavy atom. The number of imidazole rings is 1. The minimum absolute atomic E-state index is 0.0832. The molecule has 1 aliphatic heterocycles. The summed E-state index contributed by atoms with van der Waals surface area (Å²) < 4.78 is 1.95. The molecule has 1 atom stereocenters. The van der Waals surface area contributed by atoms with Gasteiger partial charge in [0.1, 0.15) is 11.9 Å². The first-order valence-electron chi connectivity index (χ1n) is 9.85. The molecular weight excluding hydrogens is 348 g/mol. The van der Waals surface area contributed by atoms with Crippen molar-refractivity contribution in [3.8, 4) is 0 Å². The molecule has 0 unspecified atom stereocenters. The smallest absolute Gasteiger partial charge is 0.252 e. The minimum atomic E-state index is -0.295. The van der Waals surface area contributed by atoms with Crippen molar-refractivity contribution >= 4 is 5.91 Å². The Kier molecular flexibility index (Phi) is 5.53. The summed E-state index contributed by atoms with van der Waals surface area (Å²) in [5, 5.41) is 3.18. The number of hydrogen-bond acceptors (Lipinski definition) is 3. The van der Waals surface area contributed by atoms with Crippen molar-refractivity contribution in [3.63, 3.8) is 0 Å². The van der Waals surface area contributed by atoms with Crippen LogP contribution in [0.5, 0.6) is 0 Å². The second kappa shape index (κ2) is 8.40. The maximum atomic E-state index is 13.1. The number of benzene rings is 2. The molecule has 2 aromatic carbocycles. The summed E-state index contributed by atoms with van der Waals surface area (Å²) in [6.07, 6.45) is 6.19. The molecule has 1 fully saturated rings. The van der Waals surface area contributed by atoms with E-state index in [0.29, 0.717) is 5.56 Å². The van der Waals surface area contributed by atoms with Crippen molar-refractivity contribution in [2.75, 3.05) is 13.1 Å². The highest BCUT2D eigenvalue weighted by Gasteiger charge is 2.21. The van der Waals surface area contributed by atoms with Gasteiger partial charge >= 0.3 is 0 Å². The number of aromatic nitrogens is 2. The highest BCUT2D eigenvalue weighted by molar-refractivity contribution is 5.94. The maximum Gasteiger partial charge on any atom is 0.252 e. The molecule has 5 nitrogen and oxygen atoms in total. The number of rotatable bonds is 6. The second-order valence-electron chi connectivity index (χ2n) is 7.40. The van der Waals surface area contributed by atoms with Crippen LogP contribution in [-0.2, 0) is 13.6 Å². The molecule has 0 aliphatic carbocycles. The number of nitrogens with one attached hydrogen (secondary N) is 1. The number of likely N-dealkylation sites (tertiary alicyclic amines) is 1. The number of carbonyl (C=O) groups excluding carboxylic acids is 1. The van der Waals surface area contributed by atoms with Gasteiger partial charge in [-0.1, -0.05) is 42.5 Å². The predicted molar refractivity (Wildman–Crippen MR) is 110 cm³/mol. The van der Waals surface area contributed by atoms with Gasteiger partial charge in [0.05, 0.1) is 0 Å². The van der Waals surface area contributed by atoms with E-state index in [0.717, 1.165) is 31.0 Å². The normalized spacial score (nSPS) is 15.5. The van der Waals surface area contributed by atoms with Gasteiger partial charge < -0.3 is 9.88 Å². The van der Waals surface area contributed by atoms with Gasteiger partial charge in [-0.3, -0.25) is 9.69 Å². The van der Waals surface area contributed by atoms with Crippen molar-refractivity contribution < 1.29 is 4.79 Å². The Bertz CT molecular complexity index is 929. The number of hydrogen-bond donors (Lipinski definition) is 1. The molecule has 0 radical (unpaired) electrons. The van der Waals surface area contributed by atoms with Gasteiger partial charge in [-0.2, -0.15) is 0 Å². The van der Waals surface area contributed by atoms with Gasteiger partial charge in [-0.05, 0) is 49.2 Å². The van der Waals surface area contributed by atoms with Crippen LogP contribution in [0.2, 0.25) is 0 Å². The fourth-order valence-electron chi connectivity index (χ4n) is 3.82. The van der Waals surface area contributed by atoms with Crippen LogP contribution in [0.4, 0.5) is 0 Å². The third-order valence-corrected chi connectivity index (χ3v) is 5.32. The van der Waals surface area contributed by atoms with Crippen LogP contribution in [0.1, 0.15) is 46.2 Å². The molecule has 4 rings (SSSR count). The van der Waals surface area contributed by atoms with Crippen molar-refractivity contribution in [3.05, 3.63) is 89.5 Å². The van der Waals surface area contributed by atoms with Gasteiger partial charge in [-0.25, -0.2) is 4.98 Å². The molecule has 28 heavy (non-hydrogen) atoms. The Morgan fingerprint density at radius 3 is 2.61 bits per heavy atom. The molecule has 1 amide bonds. The molecule has 1 aliphatic rings. The minimum Gasteiger partial charge on any atom is -0.338 e. The van der Waals surface area contributed by atoms with Crippen LogP contribution in [0.3, 0.4) is 0 Å². The Labute approximate surface area is 166 Å². The summed E-state index contributed by atoms with van der Waals surface area (Å²) in [6.45, 7) is 3.19. The molecule has 5 heteroatoms. The summed E-state index contributed by atoms with van der Waals surface area (Å²) in [7, 11) is 1.95. The van der Waals surface area contributed by atoms with Crippen LogP contribution >= 0.6 is 0 Å². The van der Waals surface area contributed by atoms with E-state index in [2.05, 4.69) is 21.3 Å². The van der Waals surface area contributed by atoms with E-state index >= 15 is 0 Å². The molecular formula is C23H26N4O. The molecule has 3 aromatic rings.